The van der Waals surface area contributed by atoms with Crippen LogP contribution >= 0.6 is 0 Å². The summed E-state index contributed by atoms with van der Waals surface area (Å²) in [4.78, 5) is 20.4. The first-order valence-corrected chi connectivity index (χ1v) is 4.39. The van der Waals surface area contributed by atoms with Gasteiger partial charge in [0.2, 0.25) is 0 Å². The number of ether oxygens (including phenoxy) is 1. The summed E-state index contributed by atoms with van der Waals surface area (Å²) in [6, 6.07) is 0. The summed E-state index contributed by atoms with van der Waals surface area (Å²) in [5.74, 6) is 0.184. The van der Waals surface area contributed by atoms with Gasteiger partial charge in [-0.15, -0.1) is 0 Å². The van der Waals surface area contributed by atoms with Crippen molar-refractivity contribution in [2.45, 2.75) is 39.9 Å². The highest BCUT2D eigenvalue weighted by Crippen LogP contribution is 2.29. The minimum atomic E-state index is -0.325. The van der Waals surface area contributed by atoms with Crippen molar-refractivity contribution in [3.63, 3.8) is 0 Å². The summed E-state index contributed by atoms with van der Waals surface area (Å²) in [7, 11) is 0. The number of carbonyl (C=O) groups is 1. The lowest BCUT2D eigenvalue weighted by molar-refractivity contribution is -0.281. The number of rotatable bonds is 4. The highest BCUT2D eigenvalue weighted by molar-refractivity contribution is 5.76. The molecule has 4 nitrogen and oxygen atoms in total. The van der Waals surface area contributed by atoms with Crippen LogP contribution in [-0.2, 0) is 19.3 Å². The zero-order chi connectivity index (χ0) is 9.90. The zero-order valence-electron chi connectivity index (χ0n) is 8.33. The zero-order valence-corrected chi connectivity index (χ0v) is 8.33. The van der Waals surface area contributed by atoms with E-state index < -0.39 is 0 Å². The molecule has 1 aliphatic heterocycles. The average molecular weight is 188 g/mol. The molecule has 0 N–H and O–H groups in total. The van der Waals surface area contributed by atoms with Gasteiger partial charge in [0.05, 0.1) is 0 Å². The lowest BCUT2D eigenvalue weighted by Gasteiger charge is -2.24. The fraction of sp³-hybridized carbons (Fsp3) is 0.889. The van der Waals surface area contributed by atoms with E-state index in [4.69, 9.17) is 9.62 Å². The van der Waals surface area contributed by atoms with Gasteiger partial charge in [0.15, 0.2) is 13.1 Å². The first kappa shape index (κ1) is 10.6. The summed E-state index contributed by atoms with van der Waals surface area (Å²) >= 11 is 0. The Morgan fingerprint density at radius 1 is 1.54 bits per heavy atom. The molecule has 0 aromatic rings. The Morgan fingerprint density at radius 2 is 2.23 bits per heavy atom. The molecule has 0 bridgehead atoms. The Balaban J connectivity index is 2.35. The molecule has 13 heavy (non-hydrogen) atoms. The molecule has 1 fully saturated rings. The SMILES string of the molecule is CC(=O)CC(C)(C)C[C@@H]1OCOO1. The van der Waals surface area contributed by atoms with Crippen LogP contribution in [0.5, 0.6) is 0 Å². The predicted molar refractivity (Wildman–Crippen MR) is 45.6 cm³/mol. The topological polar surface area (TPSA) is 44.8 Å². The van der Waals surface area contributed by atoms with Crippen LogP contribution in [0.1, 0.15) is 33.6 Å². The molecule has 76 valence electrons. The molecule has 0 aromatic heterocycles. The molecule has 0 radical (unpaired) electrons. The fourth-order valence-electron chi connectivity index (χ4n) is 1.53. The molecule has 1 aliphatic rings. The summed E-state index contributed by atoms with van der Waals surface area (Å²) in [5.41, 5.74) is -0.0931. The van der Waals surface area contributed by atoms with Gasteiger partial charge in [-0.05, 0) is 12.3 Å². The van der Waals surface area contributed by atoms with Crippen LogP contribution in [0, 0.1) is 5.41 Å². The second-order valence-corrected chi connectivity index (χ2v) is 4.18. The Labute approximate surface area is 78.1 Å². The van der Waals surface area contributed by atoms with E-state index in [0.29, 0.717) is 12.8 Å². The quantitative estimate of drug-likeness (QED) is 0.629. The average Bonchev–Trinajstić information content (AvgIpc) is 2.34. The van der Waals surface area contributed by atoms with Crippen LogP contribution in [0.4, 0.5) is 0 Å². The van der Waals surface area contributed by atoms with Crippen molar-refractivity contribution in [2.24, 2.45) is 5.41 Å². The molecule has 0 aromatic carbocycles. The van der Waals surface area contributed by atoms with Gasteiger partial charge < -0.3 is 9.53 Å². The molecule has 1 rings (SSSR count). The van der Waals surface area contributed by atoms with E-state index in [1.165, 1.54) is 0 Å². The minimum absolute atomic E-state index is 0.0931. The maximum Gasteiger partial charge on any atom is 0.194 e. The predicted octanol–water partition coefficient (Wildman–Crippen LogP) is 1.64. The van der Waals surface area contributed by atoms with Crippen LogP contribution in [-0.4, -0.2) is 18.9 Å². The van der Waals surface area contributed by atoms with Crippen molar-refractivity contribution in [3.8, 4) is 0 Å². The summed E-state index contributed by atoms with van der Waals surface area (Å²) in [6.45, 7) is 5.80. The van der Waals surface area contributed by atoms with E-state index in [-0.39, 0.29) is 24.3 Å². The van der Waals surface area contributed by atoms with Crippen molar-refractivity contribution >= 4 is 5.78 Å². The van der Waals surface area contributed by atoms with Gasteiger partial charge in [0.25, 0.3) is 0 Å². The second-order valence-electron chi connectivity index (χ2n) is 4.18. The smallest absolute Gasteiger partial charge is 0.194 e. The number of carbonyl (C=O) groups excluding carboxylic acids is 1. The molecule has 1 saturated heterocycles. The Kier molecular flexibility index (Phi) is 3.41. The number of hydrogen-bond acceptors (Lipinski definition) is 4. The molecule has 1 atom stereocenters. The Morgan fingerprint density at radius 3 is 2.69 bits per heavy atom. The maximum atomic E-state index is 10.9. The molecule has 0 unspecified atom stereocenters. The third-order valence-electron chi connectivity index (χ3n) is 1.92. The monoisotopic (exact) mass is 188 g/mol. The second kappa shape index (κ2) is 4.17. The van der Waals surface area contributed by atoms with Crippen LogP contribution in [0.25, 0.3) is 0 Å². The van der Waals surface area contributed by atoms with Gasteiger partial charge in [-0.25, -0.2) is 9.78 Å². The number of ketones is 1. The maximum absolute atomic E-state index is 10.9. The van der Waals surface area contributed by atoms with Crippen molar-refractivity contribution < 1.29 is 19.3 Å². The molecular weight excluding hydrogens is 172 g/mol. The van der Waals surface area contributed by atoms with Crippen LogP contribution in [0.2, 0.25) is 0 Å². The van der Waals surface area contributed by atoms with Crippen molar-refractivity contribution in [1.82, 2.24) is 0 Å². The molecule has 0 amide bonds. The molecule has 1 heterocycles. The number of hydrogen-bond donors (Lipinski definition) is 0. The van der Waals surface area contributed by atoms with Crippen LogP contribution in [0.15, 0.2) is 0 Å². The van der Waals surface area contributed by atoms with Gasteiger partial charge in [-0.2, -0.15) is 0 Å². The van der Waals surface area contributed by atoms with Gasteiger partial charge in [0.1, 0.15) is 5.78 Å². The molecule has 0 spiro atoms. The first-order chi connectivity index (χ1) is 5.99. The lowest BCUT2D eigenvalue weighted by Crippen LogP contribution is -2.23. The normalized spacial score (nSPS) is 23.5. The van der Waals surface area contributed by atoms with E-state index in [1.807, 2.05) is 13.8 Å². The van der Waals surface area contributed by atoms with Gasteiger partial charge in [-0.1, -0.05) is 13.8 Å². The van der Waals surface area contributed by atoms with Crippen molar-refractivity contribution in [2.75, 3.05) is 6.79 Å². The minimum Gasteiger partial charge on any atom is -0.320 e. The van der Waals surface area contributed by atoms with Crippen LogP contribution in [0.3, 0.4) is 0 Å². The van der Waals surface area contributed by atoms with Crippen molar-refractivity contribution in [3.05, 3.63) is 0 Å². The highest BCUT2D eigenvalue weighted by Gasteiger charge is 2.29. The van der Waals surface area contributed by atoms with E-state index in [1.54, 1.807) is 6.92 Å². The molecule has 4 heteroatoms. The summed E-state index contributed by atoms with van der Waals surface area (Å²) < 4.78 is 5.11. The van der Waals surface area contributed by atoms with E-state index in [9.17, 15) is 4.79 Å². The first-order valence-electron chi connectivity index (χ1n) is 4.39. The lowest BCUT2D eigenvalue weighted by atomic mass is 9.84. The molecule has 0 saturated carbocycles. The Bertz CT molecular complexity index is 182. The van der Waals surface area contributed by atoms with E-state index in [2.05, 4.69) is 4.89 Å². The number of Topliss-reactive ketones (excluding diaryl/α,β-unsaturated/α-hetero) is 1. The van der Waals surface area contributed by atoms with Gasteiger partial charge in [0, 0.05) is 12.8 Å². The highest BCUT2D eigenvalue weighted by atomic mass is 17.3. The van der Waals surface area contributed by atoms with E-state index in [0.717, 1.165) is 0 Å². The van der Waals surface area contributed by atoms with Gasteiger partial charge in [-0.3, -0.25) is 0 Å². The third-order valence-corrected chi connectivity index (χ3v) is 1.92. The molecule has 0 aliphatic carbocycles. The van der Waals surface area contributed by atoms with Crippen molar-refractivity contribution in [1.29, 1.82) is 0 Å². The summed E-state index contributed by atoms with van der Waals surface area (Å²) in [5, 5.41) is 0. The summed E-state index contributed by atoms with van der Waals surface area (Å²) in [6.07, 6.45) is 0.886. The standard InChI is InChI=1S/C9H16O4/c1-7(10)4-9(2,3)5-8-11-6-12-13-8/h8H,4-6H2,1-3H3/t8-/m1/s1. The van der Waals surface area contributed by atoms with Gasteiger partial charge >= 0.3 is 0 Å². The van der Waals surface area contributed by atoms with Crippen LogP contribution < -0.4 is 0 Å². The molecular formula is C9H16O4. The fourth-order valence-corrected chi connectivity index (χ4v) is 1.53. The largest absolute Gasteiger partial charge is 0.320 e. The third kappa shape index (κ3) is 3.85. The Hall–Kier alpha value is -0.450. The van der Waals surface area contributed by atoms with E-state index >= 15 is 0 Å².